The highest BCUT2D eigenvalue weighted by Gasteiger charge is 2.14. The van der Waals surface area contributed by atoms with Crippen LogP contribution >= 0.6 is 0 Å². The first-order valence-corrected chi connectivity index (χ1v) is 5.95. The molecule has 0 bridgehead atoms. The Balaban J connectivity index is 2.34. The number of carbonyl (C=O) groups excluding carboxylic acids is 1. The number of aromatic nitrogens is 2. The second-order valence-electron chi connectivity index (χ2n) is 4.14. The molecular formula is C13H16N2O3. The molecule has 2 rings (SSSR count). The second-order valence-corrected chi connectivity index (χ2v) is 4.14. The lowest BCUT2D eigenvalue weighted by Crippen LogP contribution is -2.08. The first-order chi connectivity index (χ1) is 8.63. The number of fused-ring (bicyclic) bond motifs is 1. The van der Waals surface area contributed by atoms with Crippen molar-refractivity contribution in [3.8, 4) is 0 Å². The van der Waals surface area contributed by atoms with Gasteiger partial charge in [-0.05, 0) is 31.0 Å². The SMILES string of the molecule is CCCOC(=O)c1cnc2cc(C(C)O)ccn12. The molecule has 1 unspecified atom stereocenters. The van der Waals surface area contributed by atoms with Crippen molar-refractivity contribution in [3.05, 3.63) is 35.8 Å². The Morgan fingerprint density at radius 1 is 1.61 bits per heavy atom. The molecule has 0 aliphatic carbocycles. The van der Waals surface area contributed by atoms with E-state index in [-0.39, 0.29) is 5.97 Å². The summed E-state index contributed by atoms with van der Waals surface area (Å²) in [6, 6.07) is 3.51. The fraction of sp³-hybridized carbons (Fsp3) is 0.385. The Bertz CT molecular complexity index is 560. The van der Waals surface area contributed by atoms with Crippen molar-refractivity contribution in [2.24, 2.45) is 0 Å². The summed E-state index contributed by atoms with van der Waals surface area (Å²) in [5.74, 6) is -0.380. The summed E-state index contributed by atoms with van der Waals surface area (Å²) < 4.78 is 6.73. The number of aliphatic hydroxyl groups is 1. The second kappa shape index (κ2) is 5.18. The summed E-state index contributed by atoms with van der Waals surface area (Å²) >= 11 is 0. The third-order valence-corrected chi connectivity index (χ3v) is 2.67. The lowest BCUT2D eigenvalue weighted by molar-refractivity contribution is 0.0497. The quantitative estimate of drug-likeness (QED) is 0.840. The number of aliphatic hydroxyl groups excluding tert-OH is 1. The van der Waals surface area contributed by atoms with Crippen LogP contribution in [0.3, 0.4) is 0 Å². The Morgan fingerprint density at radius 3 is 3.06 bits per heavy atom. The number of carbonyl (C=O) groups is 1. The van der Waals surface area contributed by atoms with Crippen molar-refractivity contribution in [2.75, 3.05) is 6.61 Å². The van der Waals surface area contributed by atoms with Gasteiger partial charge in [0.05, 0.1) is 18.9 Å². The van der Waals surface area contributed by atoms with Crippen molar-refractivity contribution in [1.29, 1.82) is 0 Å². The average molecular weight is 248 g/mol. The van der Waals surface area contributed by atoms with Crippen molar-refractivity contribution < 1.29 is 14.6 Å². The molecule has 0 aliphatic heterocycles. The maximum Gasteiger partial charge on any atom is 0.356 e. The van der Waals surface area contributed by atoms with E-state index < -0.39 is 6.10 Å². The van der Waals surface area contributed by atoms with E-state index >= 15 is 0 Å². The number of nitrogens with zero attached hydrogens (tertiary/aromatic N) is 2. The zero-order chi connectivity index (χ0) is 13.1. The number of pyridine rings is 1. The monoisotopic (exact) mass is 248 g/mol. The first kappa shape index (κ1) is 12.6. The fourth-order valence-corrected chi connectivity index (χ4v) is 1.68. The van der Waals surface area contributed by atoms with Crippen molar-refractivity contribution in [2.45, 2.75) is 26.4 Å². The molecule has 18 heavy (non-hydrogen) atoms. The van der Waals surface area contributed by atoms with E-state index in [9.17, 15) is 9.90 Å². The largest absolute Gasteiger partial charge is 0.461 e. The lowest BCUT2D eigenvalue weighted by atomic mass is 10.2. The summed E-state index contributed by atoms with van der Waals surface area (Å²) in [4.78, 5) is 15.9. The maximum atomic E-state index is 11.8. The van der Waals surface area contributed by atoms with E-state index in [0.29, 0.717) is 17.9 Å². The zero-order valence-electron chi connectivity index (χ0n) is 10.5. The van der Waals surface area contributed by atoms with Crippen LogP contribution in [0.4, 0.5) is 0 Å². The maximum absolute atomic E-state index is 11.8. The van der Waals surface area contributed by atoms with E-state index in [1.54, 1.807) is 29.7 Å². The first-order valence-electron chi connectivity index (χ1n) is 5.95. The van der Waals surface area contributed by atoms with Crippen molar-refractivity contribution in [3.63, 3.8) is 0 Å². The highest BCUT2D eigenvalue weighted by Crippen LogP contribution is 2.15. The molecule has 0 radical (unpaired) electrons. The van der Waals surface area contributed by atoms with Crippen LogP contribution in [-0.2, 0) is 4.74 Å². The molecule has 96 valence electrons. The van der Waals surface area contributed by atoms with E-state index in [1.807, 2.05) is 6.92 Å². The number of rotatable bonds is 4. The van der Waals surface area contributed by atoms with Crippen LogP contribution in [0.1, 0.15) is 42.4 Å². The molecule has 0 aliphatic rings. The summed E-state index contributed by atoms with van der Waals surface area (Å²) in [7, 11) is 0. The van der Waals surface area contributed by atoms with Gasteiger partial charge in [0.15, 0.2) is 5.69 Å². The van der Waals surface area contributed by atoms with Gasteiger partial charge < -0.3 is 9.84 Å². The molecular weight excluding hydrogens is 232 g/mol. The average Bonchev–Trinajstić information content (AvgIpc) is 2.78. The van der Waals surface area contributed by atoms with Gasteiger partial charge >= 0.3 is 5.97 Å². The highest BCUT2D eigenvalue weighted by molar-refractivity contribution is 5.88. The van der Waals surface area contributed by atoms with Crippen LogP contribution < -0.4 is 0 Å². The topological polar surface area (TPSA) is 63.8 Å². The normalized spacial score (nSPS) is 12.6. The molecule has 0 fully saturated rings. The zero-order valence-corrected chi connectivity index (χ0v) is 10.5. The third-order valence-electron chi connectivity index (χ3n) is 2.67. The molecule has 0 spiro atoms. The summed E-state index contributed by atoms with van der Waals surface area (Å²) in [6.45, 7) is 4.03. The van der Waals surface area contributed by atoms with Gasteiger partial charge in [-0.25, -0.2) is 9.78 Å². The van der Waals surface area contributed by atoms with Gasteiger partial charge in [-0.15, -0.1) is 0 Å². The third kappa shape index (κ3) is 2.36. The molecule has 0 saturated carbocycles. The van der Waals surface area contributed by atoms with Crippen LogP contribution in [0.2, 0.25) is 0 Å². The molecule has 2 aromatic heterocycles. The molecule has 5 nitrogen and oxygen atoms in total. The predicted molar refractivity (Wildman–Crippen MR) is 66.4 cm³/mol. The van der Waals surface area contributed by atoms with Crippen LogP contribution in [0, 0.1) is 0 Å². The number of hydrogen-bond acceptors (Lipinski definition) is 4. The molecule has 2 aromatic rings. The van der Waals surface area contributed by atoms with Crippen LogP contribution in [-0.4, -0.2) is 27.1 Å². The summed E-state index contributed by atoms with van der Waals surface area (Å²) in [6.07, 6.45) is 3.43. The Kier molecular flexibility index (Phi) is 3.62. The van der Waals surface area contributed by atoms with Crippen LogP contribution in [0.25, 0.3) is 5.65 Å². The summed E-state index contributed by atoms with van der Waals surface area (Å²) in [5, 5.41) is 9.49. The van der Waals surface area contributed by atoms with E-state index in [2.05, 4.69) is 4.98 Å². The van der Waals surface area contributed by atoms with Gasteiger partial charge in [-0.1, -0.05) is 6.92 Å². The Labute approximate surface area is 105 Å². The number of imidazole rings is 1. The van der Waals surface area contributed by atoms with Gasteiger partial charge in [0.1, 0.15) is 5.65 Å². The number of esters is 1. The van der Waals surface area contributed by atoms with Crippen LogP contribution in [0.5, 0.6) is 0 Å². The van der Waals surface area contributed by atoms with E-state index in [4.69, 9.17) is 4.74 Å². The predicted octanol–water partition coefficient (Wildman–Crippen LogP) is 1.95. The van der Waals surface area contributed by atoms with Gasteiger partial charge in [-0.3, -0.25) is 4.40 Å². The Hall–Kier alpha value is -1.88. The molecule has 0 amide bonds. The molecule has 1 atom stereocenters. The standard InChI is InChI=1S/C13H16N2O3/c1-3-6-18-13(17)11-8-14-12-7-10(9(2)16)4-5-15(11)12/h4-5,7-9,16H,3,6H2,1-2H3. The molecule has 0 saturated heterocycles. The minimum atomic E-state index is -0.554. The molecule has 2 heterocycles. The Morgan fingerprint density at radius 2 is 2.39 bits per heavy atom. The highest BCUT2D eigenvalue weighted by atomic mass is 16.5. The van der Waals surface area contributed by atoms with Gasteiger partial charge in [-0.2, -0.15) is 0 Å². The van der Waals surface area contributed by atoms with E-state index in [0.717, 1.165) is 12.0 Å². The van der Waals surface area contributed by atoms with Gasteiger partial charge in [0.2, 0.25) is 0 Å². The summed E-state index contributed by atoms with van der Waals surface area (Å²) in [5.41, 5.74) is 1.79. The number of ether oxygens (including phenoxy) is 1. The fourth-order valence-electron chi connectivity index (χ4n) is 1.68. The van der Waals surface area contributed by atoms with Gasteiger partial charge in [0, 0.05) is 6.20 Å². The minimum absolute atomic E-state index is 0.380. The van der Waals surface area contributed by atoms with Crippen LogP contribution in [0.15, 0.2) is 24.5 Å². The van der Waals surface area contributed by atoms with Crippen molar-refractivity contribution in [1.82, 2.24) is 9.38 Å². The molecule has 0 aromatic carbocycles. The number of hydrogen-bond donors (Lipinski definition) is 1. The molecule has 5 heteroatoms. The lowest BCUT2D eigenvalue weighted by Gasteiger charge is -2.06. The minimum Gasteiger partial charge on any atom is -0.461 e. The molecule has 1 N–H and O–H groups in total. The van der Waals surface area contributed by atoms with Crippen molar-refractivity contribution >= 4 is 11.6 Å². The smallest absolute Gasteiger partial charge is 0.356 e. The van der Waals surface area contributed by atoms with E-state index in [1.165, 1.54) is 6.20 Å². The van der Waals surface area contributed by atoms with Gasteiger partial charge in [0.25, 0.3) is 0 Å².